The Balaban J connectivity index is 0.000000581. The molecular weight excluding hydrogens is 834 g/mol. The molecule has 9 nitrogen and oxygen atoms in total. The molecule has 0 aliphatic rings. The molecule has 41 heavy (non-hydrogen) atoms. The van der Waals surface area contributed by atoms with Gasteiger partial charge in [-0.3, -0.25) is 4.79 Å². The van der Waals surface area contributed by atoms with E-state index in [9.17, 15) is 0 Å². The third-order valence-electron chi connectivity index (χ3n) is 4.94. The average molecular weight is 859 g/mol. The van der Waals surface area contributed by atoms with Crippen LogP contribution in [-0.4, -0.2) is 21.5 Å². The minimum absolute atomic E-state index is 0. The molecule has 0 radical (unpaired) electrons. The molecular formula is C29H25BrCs2N2O7. The van der Waals surface area contributed by atoms with Crippen molar-refractivity contribution in [2.24, 2.45) is 0 Å². The number of fused-ring (bicyclic) bond motifs is 2. The maximum Gasteiger partial charge on any atom is 1.00 e. The van der Waals surface area contributed by atoms with Gasteiger partial charge in [-0.25, -0.2) is 9.97 Å². The SMILES string of the molecule is BrCc1ccccc1.O=CO[O-].Oc1cccc2ocnc12.[Cs+].[Cs+].[H-].c1ccc(COc2cccc3ocnc23)cc1. The smallest absolute Gasteiger partial charge is 1.00 e. The van der Waals surface area contributed by atoms with Crippen LogP contribution in [0.25, 0.3) is 22.2 Å². The topological polar surface area (TPSA) is 131 Å². The molecule has 2 aromatic heterocycles. The number of hydrogen-bond donors (Lipinski definition) is 1. The molecule has 12 heteroatoms. The summed E-state index contributed by atoms with van der Waals surface area (Å²) in [5.41, 5.74) is 5.10. The van der Waals surface area contributed by atoms with Gasteiger partial charge in [0, 0.05) is 5.33 Å². The van der Waals surface area contributed by atoms with Crippen molar-refractivity contribution in [3.63, 3.8) is 0 Å². The van der Waals surface area contributed by atoms with Gasteiger partial charge in [-0.05, 0) is 35.4 Å². The number of nitrogens with zero attached hydrogens (tertiary/aromatic N) is 2. The molecule has 202 valence electrons. The van der Waals surface area contributed by atoms with Gasteiger partial charge >= 0.3 is 138 Å². The van der Waals surface area contributed by atoms with Crippen molar-refractivity contribution in [3.8, 4) is 11.5 Å². The van der Waals surface area contributed by atoms with Gasteiger partial charge in [-0.2, -0.15) is 0 Å². The van der Waals surface area contributed by atoms with E-state index in [1.807, 2.05) is 66.7 Å². The molecule has 0 spiro atoms. The number of rotatable bonds is 5. The van der Waals surface area contributed by atoms with E-state index in [0.29, 0.717) is 17.7 Å². The van der Waals surface area contributed by atoms with Crippen LogP contribution >= 0.6 is 15.9 Å². The molecule has 0 aliphatic carbocycles. The number of aromatic nitrogens is 2. The number of hydrogen-bond acceptors (Lipinski definition) is 9. The molecule has 2 heterocycles. The number of carbonyl (C=O) groups excluding carboxylic acids is 1. The Kier molecular flexibility index (Phi) is 21.5. The van der Waals surface area contributed by atoms with Gasteiger partial charge in [-0.1, -0.05) is 88.7 Å². The number of halogens is 1. The summed E-state index contributed by atoms with van der Waals surface area (Å²) in [5.74, 6) is 0.909. The Morgan fingerprint density at radius 3 is 1.80 bits per heavy atom. The van der Waals surface area contributed by atoms with Crippen molar-refractivity contribution >= 4 is 44.6 Å². The zero-order valence-corrected chi connectivity index (χ0v) is 36.7. The summed E-state index contributed by atoms with van der Waals surface area (Å²) in [5, 5.41) is 18.5. The second-order valence-corrected chi connectivity index (χ2v) is 8.08. The Labute approximate surface area is 364 Å². The third kappa shape index (κ3) is 13.7. The van der Waals surface area contributed by atoms with E-state index in [1.165, 1.54) is 18.4 Å². The molecule has 0 amide bonds. The predicted molar refractivity (Wildman–Crippen MR) is 148 cm³/mol. The Hall–Kier alpha value is -0.566. The van der Waals surface area contributed by atoms with Gasteiger partial charge in [0.1, 0.15) is 18.1 Å². The van der Waals surface area contributed by atoms with E-state index >= 15 is 0 Å². The number of phenols is 1. The molecule has 1 N–H and O–H groups in total. The van der Waals surface area contributed by atoms with Crippen molar-refractivity contribution in [3.05, 3.63) is 121 Å². The van der Waals surface area contributed by atoms with Crippen molar-refractivity contribution in [1.29, 1.82) is 0 Å². The molecule has 0 saturated carbocycles. The third-order valence-corrected chi connectivity index (χ3v) is 5.58. The minimum atomic E-state index is -0.181. The van der Waals surface area contributed by atoms with Crippen LogP contribution in [0.15, 0.2) is 119 Å². The van der Waals surface area contributed by atoms with Gasteiger partial charge in [0.25, 0.3) is 6.47 Å². The normalized spacial score (nSPS) is 9.22. The molecule has 0 saturated heterocycles. The summed E-state index contributed by atoms with van der Waals surface area (Å²) in [6.07, 6.45) is 2.74. The average Bonchev–Trinajstić information content (AvgIpc) is 3.69. The van der Waals surface area contributed by atoms with Crippen LogP contribution in [0.3, 0.4) is 0 Å². The zero-order valence-electron chi connectivity index (χ0n) is 23.6. The second-order valence-electron chi connectivity index (χ2n) is 7.52. The van der Waals surface area contributed by atoms with Crippen molar-refractivity contribution in [1.82, 2.24) is 9.97 Å². The van der Waals surface area contributed by atoms with Gasteiger partial charge in [0.2, 0.25) is 0 Å². The number of para-hydroxylation sites is 2. The molecule has 0 bridgehead atoms. The predicted octanol–water partition coefficient (Wildman–Crippen LogP) is 0.0769. The largest absolute Gasteiger partial charge is 1.00 e. The van der Waals surface area contributed by atoms with Crippen LogP contribution in [-0.2, 0) is 21.6 Å². The van der Waals surface area contributed by atoms with Crippen LogP contribution in [0.5, 0.6) is 11.5 Å². The van der Waals surface area contributed by atoms with Crippen LogP contribution < -0.4 is 148 Å². The summed E-state index contributed by atoms with van der Waals surface area (Å²) >= 11 is 3.36. The Morgan fingerprint density at radius 2 is 1.29 bits per heavy atom. The molecule has 6 aromatic rings. The first-order valence-electron chi connectivity index (χ1n) is 11.5. The Morgan fingerprint density at radius 1 is 0.780 bits per heavy atom. The van der Waals surface area contributed by atoms with Gasteiger partial charge in [0.05, 0.1) is 0 Å². The monoisotopic (exact) mass is 858 g/mol. The maximum absolute atomic E-state index is 9.14. The number of carbonyl (C=O) groups is 1. The number of aromatic hydroxyl groups is 1. The molecule has 6 rings (SSSR count). The number of oxazole rings is 2. The van der Waals surface area contributed by atoms with Crippen LogP contribution in [0, 0.1) is 0 Å². The van der Waals surface area contributed by atoms with Crippen molar-refractivity contribution < 1.29 is 173 Å². The molecule has 0 aliphatic heterocycles. The van der Waals surface area contributed by atoms with Crippen LogP contribution in [0.2, 0.25) is 0 Å². The minimum Gasteiger partial charge on any atom is -1.00 e. The van der Waals surface area contributed by atoms with Gasteiger partial charge in [0.15, 0.2) is 35.0 Å². The van der Waals surface area contributed by atoms with E-state index in [-0.39, 0.29) is 151 Å². The quantitative estimate of drug-likeness (QED) is 0.111. The molecule has 0 atom stereocenters. The maximum atomic E-state index is 9.14. The fraction of sp³-hybridized carbons (Fsp3) is 0.0690. The fourth-order valence-corrected chi connectivity index (χ4v) is 3.52. The molecule has 0 fully saturated rings. The number of benzene rings is 4. The van der Waals surface area contributed by atoms with Crippen LogP contribution in [0.1, 0.15) is 12.6 Å². The summed E-state index contributed by atoms with van der Waals surface area (Å²) in [4.78, 5) is 19.2. The van der Waals surface area contributed by atoms with Crippen molar-refractivity contribution in [2.75, 3.05) is 0 Å². The van der Waals surface area contributed by atoms with Gasteiger partial charge < -0.3 is 30.2 Å². The van der Waals surface area contributed by atoms with E-state index < -0.39 is 0 Å². The van der Waals surface area contributed by atoms with Gasteiger partial charge in [-0.15, -0.1) is 0 Å². The zero-order chi connectivity index (χ0) is 27.7. The van der Waals surface area contributed by atoms with Crippen molar-refractivity contribution in [2.45, 2.75) is 11.9 Å². The summed E-state index contributed by atoms with van der Waals surface area (Å²) in [7, 11) is 0. The van der Waals surface area contributed by atoms with E-state index in [4.69, 9.17) is 28.7 Å². The summed E-state index contributed by atoms with van der Waals surface area (Å²) in [6.45, 7) is 0.354. The number of ether oxygens (including phenoxy) is 1. The Bertz CT molecular complexity index is 1540. The summed E-state index contributed by atoms with van der Waals surface area (Å²) < 4.78 is 15.9. The molecule has 0 unspecified atom stereocenters. The van der Waals surface area contributed by atoms with E-state index in [1.54, 1.807) is 18.2 Å². The number of alkyl halides is 1. The molecule has 4 aromatic carbocycles. The first kappa shape index (κ1) is 38.5. The summed E-state index contributed by atoms with van der Waals surface area (Å²) in [6, 6.07) is 31.0. The van der Waals surface area contributed by atoms with Crippen LogP contribution in [0.4, 0.5) is 0 Å². The second kappa shape index (κ2) is 22.9. The fourth-order valence-electron chi connectivity index (χ4n) is 3.15. The number of phenolic OH excluding ortho intramolecular Hbond substituents is 1. The van der Waals surface area contributed by atoms with E-state index in [0.717, 1.165) is 27.7 Å². The first-order valence-corrected chi connectivity index (χ1v) is 12.6. The first-order chi connectivity index (χ1) is 19.2. The standard InChI is InChI=1S/C14H11NO2.C7H7Br.C7H5NO2.CH2O3.2Cs.H/c1-2-5-11(6-3-1)9-16-12-7-4-8-13-14(12)15-10-17-13;8-6-7-4-2-1-3-5-7;9-5-2-1-3-6-7(5)8-4-10-6;2-1-4-3;;;/h1-8,10H,9H2;1-5H,6H2;1-4,9H;1,3H;;;/q;;;;2*+1;-1/p-1. The van der Waals surface area contributed by atoms with E-state index in [2.05, 4.69) is 42.9 Å².